The molecule has 160 valence electrons. The fourth-order valence-electron chi connectivity index (χ4n) is 2.62. The van der Waals surface area contributed by atoms with E-state index in [1.165, 1.54) is 43.5 Å². The molecule has 0 spiro atoms. The summed E-state index contributed by atoms with van der Waals surface area (Å²) in [6.45, 7) is -3.06. The number of methoxy groups -OCH3 is 1. The Kier molecular flexibility index (Phi) is 6.68. The molecule has 0 aliphatic heterocycles. The lowest BCUT2D eigenvalue weighted by Gasteiger charge is -2.12. The second kappa shape index (κ2) is 9.23. The van der Waals surface area contributed by atoms with Gasteiger partial charge in [-0.05, 0) is 43.2 Å². The average Bonchev–Trinajstić information content (AvgIpc) is 3.50. The van der Waals surface area contributed by atoms with Gasteiger partial charge in [0.1, 0.15) is 0 Å². The van der Waals surface area contributed by atoms with Crippen molar-refractivity contribution in [2.24, 2.45) is 0 Å². The number of ether oxygens (including phenoxy) is 2. The SMILES string of the molecule is COc1cccc(/C=C/C(=O)Nc2cccc(S(=O)(=O)NC3CC3)c2)c1OC(F)F. The third-order valence-electron chi connectivity index (χ3n) is 4.16. The van der Waals surface area contributed by atoms with Gasteiger partial charge in [0.05, 0.1) is 12.0 Å². The summed E-state index contributed by atoms with van der Waals surface area (Å²) in [4.78, 5) is 12.3. The summed E-state index contributed by atoms with van der Waals surface area (Å²) in [5.74, 6) is -0.678. The maximum atomic E-state index is 12.7. The Hall–Kier alpha value is -2.98. The van der Waals surface area contributed by atoms with Crippen LogP contribution in [-0.4, -0.2) is 34.1 Å². The monoisotopic (exact) mass is 438 g/mol. The molecule has 0 heterocycles. The van der Waals surface area contributed by atoms with Crippen LogP contribution in [0, 0.1) is 0 Å². The van der Waals surface area contributed by atoms with Crippen LogP contribution < -0.4 is 19.5 Å². The zero-order valence-corrected chi connectivity index (χ0v) is 16.8. The molecule has 0 bridgehead atoms. The van der Waals surface area contributed by atoms with Crippen molar-refractivity contribution in [3.8, 4) is 11.5 Å². The number of rotatable bonds is 9. The van der Waals surface area contributed by atoms with Gasteiger partial charge in [0.2, 0.25) is 15.9 Å². The molecular weight excluding hydrogens is 418 g/mol. The Morgan fingerprint density at radius 2 is 1.93 bits per heavy atom. The van der Waals surface area contributed by atoms with Crippen molar-refractivity contribution in [2.45, 2.75) is 30.4 Å². The predicted molar refractivity (Wildman–Crippen MR) is 107 cm³/mol. The minimum Gasteiger partial charge on any atom is -0.493 e. The van der Waals surface area contributed by atoms with Gasteiger partial charge in [-0.3, -0.25) is 4.79 Å². The van der Waals surface area contributed by atoms with Crippen molar-refractivity contribution in [2.75, 3.05) is 12.4 Å². The van der Waals surface area contributed by atoms with E-state index in [1.54, 1.807) is 12.1 Å². The molecule has 2 aromatic rings. The summed E-state index contributed by atoms with van der Waals surface area (Å²) in [7, 11) is -2.34. The molecule has 10 heteroatoms. The summed E-state index contributed by atoms with van der Waals surface area (Å²) in [5, 5.41) is 2.54. The number of carbonyl (C=O) groups excluding carboxylic acids is 1. The molecule has 0 aromatic heterocycles. The quantitative estimate of drug-likeness (QED) is 0.586. The summed E-state index contributed by atoms with van der Waals surface area (Å²) in [6, 6.07) is 10.3. The van der Waals surface area contributed by atoms with Crippen molar-refractivity contribution in [3.63, 3.8) is 0 Å². The van der Waals surface area contributed by atoms with E-state index >= 15 is 0 Å². The first-order valence-corrected chi connectivity index (χ1v) is 10.5. The number of sulfonamides is 1. The standard InChI is InChI=1S/C20H20F2N2O5S/c1-28-17-7-2-4-13(19(17)29-20(21)22)8-11-18(25)23-15-5-3-6-16(12-15)30(26,27)24-14-9-10-14/h2-8,11-12,14,20,24H,9-10H2,1H3,(H,23,25)/b11-8+. The number of nitrogens with one attached hydrogen (secondary N) is 2. The van der Waals surface area contributed by atoms with Gasteiger partial charge in [-0.15, -0.1) is 0 Å². The smallest absolute Gasteiger partial charge is 0.387 e. The van der Waals surface area contributed by atoms with E-state index in [-0.39, 0.29) is 33.7 Å². The Balaban J connectivity index is 1.73. The maximum Gasteiger partial charge on any atom is 0.387 e. The van der Waals surface area contributed by atoms with E-state index in [2.05, 4.69) is 14.8 Å². The predicted octanol–water partition coefficient (Wildman–Crippen LogP) is 3.39. The number of halogens is 2. The molecule has 0 unspecified atom stereocenters. The van der Waals surface area contributed by atoms with Crippen LogP contribution in [0.3, 0.4) is 0 Å². The summed E-state index contributed by atoms with van der Waals surface area (Å²) < 4.78 is 62.0. The Morgan fingerprint density at radius 3 is 2.60 bits per heavy atom. The normalized spacial score (nSPS) is 14.1. The summed E-state index contributed by atoms with van der Waals surface area (Å²) in [5.41, 5.74) is 0.493. The van der Waals surface area contributed by atoms with Crippen molar-refractivity contribution < 1.29 is 31.5 Å². The molecule has 0 atom stereocenters. The lowest BCUT2D eigenvalue weighted by molar-refractivity contribution is -0.111. The molecule has 0 saturated heterocycles. The number of anilines is 1. The minimum atomic E-state index is -3.66. The second-order valence-corrected chi connectivity index (χ2v) is 8.22. The summed E-state index contributed by atoms with van der Waals surface area (Å²) in [6.07, 6.45) is 4.03. The van der Waals surface area contributed by atoms with E-state index in [1.807, 2.05) is 0 Å². The molecule has 2 aromatic carbocycles. The van der Waals surface area contributed by atoms with Crippen LogP contribution in [0.2, 0.25) is 0 Å². The molecular formula is C20H20F2N2O5S. The average molecular weight is 438 g/mol. The van der Waals surface area contributed by atoms with E-state index in [0.29, 0.717) is 0 Å². The highest BCUT2D eigenvalue weighted by Crippen LogP contribution is 2.33. The molecule has 30 heavy (non-hydrogen) atoms. The second-order valence-electron chi connectivity index (χ2n) is 6.50. The van der Waals surface area contributed by atoms with Gasteiger partial charge in [0.25, 0.3) is 0 Å². The first kappa shape index (κ1) is 21.7. The van der Waals surface area contributed by atoms with Crippen LogP contribution in [0.5, 0.6) is 11.5 Å². The van der Waals surface area contributed by atoms with Gasteiger partial charge in [0.15, 0.2) is 11.5 Å². The lowest BCUT2D eigenvalue weighted by Crippen LogP contribution is -2.25. The highest BCUT2D eigenvalue weighted by atomic mass is 32.2. The Labute approximate surface area is 172 Å². The minimum absolute atomic E-state index is 0.0382. The molecule has 1 aliphatic carbocycles. The fourth-order valence-corrected chi connectivity index (χ4v) is 3.97. The van der Waals surface area contributed by atoms with Crippen molar-refractivity contribution in [1.82, 2.24) is 4.72 Å². The van der Waals surface area contributed by atoms with Crippen LogP contribution in [0.25, 0.3) is 6.08 Å². The number of para-hydroxylation sites is 1. The third kappa shape index (κ3) is 5.77. The molecule has 1 amide bonds. The van der Waals surface area contributed by atoms with E-state index < -0.39 is 22.5 Å². The Morgan fingerprint density at radius 1 is 1.20 bits per heavy atom. The molecule has 3 rings (SSSR count). The molecule has 1 saturated carbocycles. The number of hydrogen-bond acceptors (Lipinski definition) is 5. The van der Waals surface area contributed by atoms with Gasteiger partial charge in [-0.1, -0.05) is 18.2 Å². The zero-order valence-electron chi connectivity index (χ0n) is 16.0. The largest absolute Gasteiger partial charge is 0.493 e. The highest BCUT2D eigenvalue weighted by Gasteiger charge is 2.28. The number of amides is 1. The molecule has 1 aliphatic rings. The Bertz CT molecular complexity index is 1050. The van der Waals surface area contributed by atoms with Crippen LogP contribution in [-0.2, 0) is 14.8 Å². The molecule has 0 radical (unpaired) electrons. The van der Waals surface area contributed by atoms with Gasteiger partial charge in [-0.2, -0.15) is 8.78 Å². The van der Waals surface area contributed by atoms with Crippen LogP contribution in [0.15, 0.2) is 53.4 Å². The fraction of sp³-hybridized carbons (Fsp3) is 0.250. The highest BCUT2D eigenvalue weighted by molar-refractivity contribution is 7.89. The number of alkyl halides is 2. The summed E-state index contributed by atoms with van der Waals surface area (Å²) >= 11 is 0. The van der Waals surface area contributed by atoms with Gasteiger partial charge < -0.3 is 14.8 Å². The van der Waals surface area contributed by atoms with E-state index in [0.717, 1.165) is 18.9 Å². The van der Waals surface area contributed by atoms with Crippen LogP contribution in [0.4, 0.5) is 14.5 Å². The number of benzene rings is 2. The first-order chi connectivity index (χ1) is 14.3. The van der Waals surface area contributed by atoms with Gasteiger partial charge >= 0.3 is 6.61 Å². The van der Waals surface area contributed by atoms with Crippen molar-refractivity contribution in [1.29, 1.82) is 0 Å². The van der Waals surface area contributed by atoms with Gasteiger partial charge in [0, 0.05) is 23.4 Å². The van der Waals surface area contributed by atoms with Crippen molar-refractivity contribution in [3.05, 3.63) is 54.1 Å². The molecule has 1 fully saturated rings. The van der Waals surface area contributed by atoms with Crippen LogP contribution in [0.1, 0.15) is 18.4 Å². The van der Waals surface area contributed by atoms with E-state index in [4.69, 9.17) is 4.74 Å². The first-order valence-electron chi connectivity index (χ1n) is 9.02. The van der Waals surface area contributed by atoms with Gasteiger partial charge in [-0.25, -0.2) is 13.1 Å². The number of carbonyl (C=O) groups is 1. The van der Waals surface area contributed by atoms with Crippen molar-refractivity contribution >= 4 is 27.7 Å². The van der Waals surface area contributed by atoms with Crippen LogP contribution >= 0.6 is 0 Å². The molecule has 2 N–H and O–H groups in total. The van der Waals surface area contributed by atoms with E-state index in [9.17, 15) is 22.0 Å². The topological polar surface area (TPSA) is 93.7 Å². The third-order valence-corrected chi connectivity index (χ3v) is 5.68. The lowest BCUT2D eigenvalue weighted by atomic mass is 10.1. The maximum absolute atomic E-state index is 12.7. The molecule has 7 nitrogen and oxygen atoms in total. The number of hydrogen-bond donors (Lipinski definition) is 2. The zero-order chi connectivity index (χ0) is 21.7.